The Morgan fingerprint density at radius 2 is 2.33 bits per heavy atom. The van der Waals surface area contributed by atoms with Gasteiger partial charge in [-0.15, -0.1) is 0 Å². The van der Waals surface area contributed by atoms with Crippen molar-refractivity contribution in [3.8, 4) is 0 Å². The molecule has 0 bridgehead atoms. The molecule has 0 radical (unpaired) electrons. The molecule has 2 atom stereocenters. The predicted molar refractivity (Wildman–Crippen MR) is 52.0 cm³/mol. The van der Waals surface area contributed by atoms with Gasteiger partial charge in [-0.2, -0.15) is 0 Å². The van der Waals surface area contributed by atoms with Crippen LogP contribution in [-0.2, 0) is 0 Å². The molecule has 0 amide bonds. The van der Waals surface area contributed by atoms with Crippen LogP contribution in [0.4, 0.5) is 0 Å². The Hall–Kier alpha value is -0.300. The fourth-order valence-electron chi connectivity index (χ4n) is 1.83. The highest BCUT2D eigenvalue weighted by Gasteiger charge is 2.26. The average Bonchev–Trinajstić information content (AvgIpc) is 2.05. The van der Waals surface area contributed by atoms with Gasteiger partial charge in [-0.05, 0) is 31.6 Å². The van der Waals surface area contributed by atoms with Crippen molar-refractivity contribution < 1.29 is 5.11 Å². The second-order valence-corrected chi connectivity index (χ2v) is 4.12. The van der Waals surface area contributed by atoms with Crippen molar-refractivity contribution in [2.24, 2.45) is 5.92 Å². The largest absolute Gasteiger partial charge is 0.386 e. The molecular weight excluding hydrogens is 148 g/mol. The van der Waals surface area contributed by atoms with Crippen molar-refractivity contribution in [1.82, 2.24) is 0 Å². The van der Waals surface area contributed by atoms with E-state index in [1.807, 2.05) is 6.08 Å². The second-order valence-electron chi connectivity index (χ2n) is 4.12. The van der Waals surface area contributed by atoms with Crippen LogP contribution in [0.2, 0.25) is 0 Å². The molecule has 0 aliphatic heterocycles. The zero-order valence-corrected chi connectivity index (χ0v) is 8.21. The summed E-state index contributed by atoms with van der Waals surface area (Å²) in [4.78, 5) is 0. The maximum absolute atomic E-state index is 10.1. The van der Waals surface area contributed by atoms with Crippen LogP contribution in [0.15, 0.2) is 12.2 Å². The van der Waals surface area contributed by atoms with E-state index >= 15 is 0 Å². The average molecular weight is 168 g/mol. The van der Waals surface area contributed by atoms with Crippen LogP contribution in [0.25, 0.3) is 0 Å². The molecule has 70 valence electrons. The molecule has 1 heteroatoms. The van der Waals surface area contributed by atoms with E-state index in [9.17, 15) is 5.11 Å². The maximum atomic E-state index is 10.1. The van der Waals surface area contributed by atoms with E-state index in [-0.39, 0.29) is 0 Å². The standard InChI is InChI=1S/C11H20O/c1-3-10(2)9-11(12)7-5-4-6-8-11/h5,7,10,12H,3-4,6,8-9H2,1-2H3/t10-,11?/m1/s1. The van der Waals surface area contributed by atoms with E-state index in [2.05, 4.69) is 19.9 Å². The van der Waals surface area contributed by atoms with Gasteiger partial charge in [-0.25, -0.2) is 0 Å². The summed E-state index contributed by atoms with van der Waals surface area (Å²) in [5.74, 6) is 0.637. The molecule has 0 aromatic rings. The Labute approximate surface area is 75.5 Å². The zero-order chi connectivity index (χ0) is 9.03. The van der Waals surface area contributed by atoms with Crippen molar-refractivity contribution in [2.75, 3.05) is 0 Å². The summed E-state index contributed by atoms with van der Waals surface area (Å²) in [6.07, 6.45) is 9.45. The van der Waals surface area contributed by atoms with E-state index in [1.165, 1.54) is 0 Å². The Kier molecular flexibility index (Phi) is 3.33. The lowest BCUT2D eigenvalue weighted by molar-refractivity contribution is 0.0501. The predicted octanol–water partition coefficient (Wildman–Crippen LogP) is 2.89. The Balaban J connectivity index is 2.47. The van der Waals surface area contributed by atoms with Gasteiger partial charge in [-0.3, -0.25) is 0 Å². The van der Waals surface area contributed by atoms with Gasteiger partial charge in [0.15, 0.2) is 0 Å². The summed E-state index contributed by atoms with van der Waals surface area (Å²) < 4.78 is 0. The quantitative estimate of drug-likeness (QED) is 0.642. The molecule has 0 spiro atoms. The third kappa shape index (κ3) is 2.63. The maximum Gasteiger partial charge on any atom is 0.0830 e. The summed E-state index contributed by atoms with van der Waals surface area (Å²) >= 11 is 0. The second kappa shape index (κ2) is 4.08. The topological polar surface area (TPSA) is 20.2 Å². The minimum atomic E-state index is -0.478. The lowest BCUT2D eigenvalue weighted by atomic mass is 9.83. The number of rotatable bonds is 3. The van der Waals surface area contributed by atoms with Crippen molar-refractivity contribution in [2.45, 2.75) is 51.6 Å². The molecule has 0 saturated heterocycles. The van der Waals surface area contributed by atoms with Gasteiger partial charge in [0.1, 0.15) is 0 Å². The minimum absolute atomic E-state index is 0.478. The van der Waals surface area contributed by atoms with Gasteiger partial charge in [0.2, 0.25) is 0 Å². The summed E-state index contributed by atoms with van der Waals surface area (Å²) in [6.45, 7) is 4.39. The molecule has 1 aliphatic rings. The first-order valence-corrected chi connectivity index (χ1v) is 5.06. The number of aliphatic hydroxyl groups is 1. The van der Waals surface area contributed by atoms with Gasteiger partial charge in [-0.1, -0.05) is 32.4 Å². The molecule has 12 heavy (non-hydrogen) atoms. The first-order valence-electron chi connectivity index (χ1n) is 5.06. The molecule has 0 aromatic heterocycles. The molecule has 0 heterocycles. The van der Waals surface area contributed by atoms with Crippen molar-refractivity contribution in [3.05, 3.63) is 12.2 Å². The van der Waals surface area contributed by atoms with Gasteiger partial charge in [0.25, 0.3) is 0 Å². The van der Waals surface area contributed by atoms with Crippen LogP contribution in [0.3, 0.4) is 0 Å². The van der Waals surface area contributed by atoms with Gasteiger partial charge in [0.05, 0.1) is 5.60 Å². The van der Waals surface area contributed by atoms with E-state index in [0.29, 0.717) is 5.92 Å². The summed E-state index contributed by atoms with van der Waals surface area (Å²) in [6, 6.07) is 0. The van der Waals surface area contributed by atoms with Crippen LogP contribution in [0.1, 0.15) is 46.0 Å². The van der Waals surface area contributed by atoms with Crippen LogP contribution >= 0.6 is 0 Å². The minimum Gasteiger partial charge on any atom is -0.386 e. The first-order chi connectivity index (χ1) is 5.66. The molecular formula is C11H20O. The first kappa shape index (κ1) is 9.79. The Morgan fingerprint density at radius 1 is 1.58 bits per heavy atom. The molecule has 1 unspecified atom stereocenters. The normalized spacial score (nSPS) is 31.9. The third-order valence-electron chi connectivity index (χ3n) is 2.81. The van der Waals surface area contributed by atoms with E-state index in [4.69, 9.17) is 0 Å². The molecule has 0 saturated carbocycles. The molecule has 1 aliphatic carbocycles. The lowest BCUT2D eigenvalue weighted by Gasteiger charge is -2.29. The van der Waals surface area contributed by atoms with E-state index in [1.54, 1.807) is 0 Å². The highest BCUT2D eigenvalue weighted by molar-refractivity contribution is 5.05. The molecule has 1 N–H and O–H groups in total. The van der Waals surface area contributed by atoms with Crippen LogP contribution in [0.5, 0.6) is 0 Å². The van der Waals surface area contributed by atoms with Crippen molar-refractivity contribution in [3.63, 3.8) is 0 Å². The number of allylic oxidation sites excluding steroid dienone is 1. The summed E-state index contributed by atoms with van der Waals surface area (Å²) in [7, 11) is 0. The Bertz CT molecular complexity index is 162. The summed E-state index contributed by atoms with van der Waals surface area (Å²) in [5.41, 5.74) is -0.478. The Morgan fingerprint density at radius 3 is 2.83 bits per heavy atom. The lowest BCUT2D eigenvalue weighted by Crippen LogP contribution is -2.29. The van der Waals surface area contributed by atoms with E-state index < -0.39 is 5.60 Å². The van der Waals surface area contributed by atoms with Gasteiger partial charge < -0.3 is 5.11 Å². The highest BCUT2D eigenvalue weighted by Crippen LogP contribution is 2.29. The summed E-state index contributed by atoms with van der Waals surface area (Å²) in [5, 5.41) is 10.1. The van der Waals surface area contributed by atoms with Crippen molar-refractivity contribution >= 4 is 0 Å². The highest BCUT2D eigenvalue weighted by atomic mass is 16.3. The van der Waals surface area contributed by atoms with Crippen LogP contribution in [0, 0.1) is 5.92 Å². The fraction of sp³-hybridized carbons (Fsp3) is 0.818. The zero-order valence-electron chi connectivity index (χ0n) is 8.21. The monoisotopic (exact) mass is 168 g/mol. The van der Waals surface area contributed by atoms with Crippen molar-refractivity contribution in [1.29, 1.82) is 0 Å². The molecule has 0 aromatic carbocycles. The smallest absolute Gasteiger partial charge is 0.0830 e. The van der Waals surface area contributed by atoms with Crippen LogP contribution < -0.4 is 0 Å². The van der Waals surface area contributed by atoms with Gasteiger partial charge >= 0.3 is 0 Å². The molecule has 0 fully saturated rings. The number of hydrogen-bond acceptors (Lipinski definition) is 1. The molecule has 1 nitrogen and oxygen atoms in total. The van der Waals surface area contributed by atoms with E-state index in [0.717, 1.165) is 32.1 Å². The SMILES string of the molecule is CC[C@@H](C)CC1(O)C=CCCC1. The van der Waals surface area contributed by atoms with Crippen LogP contribution in [-0.4, -0.2) is 10.7 Å². The van der Waals surface area contributed by atoms with Gasteiger partial charge in [0, 0.05) is 0 Å². The number of hydrogen-bond donors (Lipinski definition) is 1. The molecule has 1 rings (SSSR count). The third-order valence-corrected chi connectivity index (χ3v) is 2.81. The fourth-order valence-corrected chi connectivity index (χ4v) is 1.83.